The molecular weight excluding hydrogens is 527 g/mol. The average molecular weight is 553 g/mol. The van der Waals surface area contributed by atoms with Crippen LogP contribution in [-0.2, 0) is 0 Å². The molecule has 0 aliphatic heterocycles. The lowest BCUT2D eigenvalue weighted by Gasteiger charge is -2.19. The fourth-order valence-corrected chi connectivity index (χ4v) is 7.19. The van der Waals surface area contributed by atoms with Crippen molar-refractivity contribution in [2.45, 2.75) is 0 Å². The molecule has 1 nitrogen and oxygen atoms in total. The maximum Gasteiger partial charge on any atom is 0.123 e. The molecule has 0 aliphatic carbocycles. The molecule has 0 fully saturated rings. The zero-order valence-electron chi connectivity index (χ0n) is 23.5. The maximum atomic E-state index is 13.9. The molecule has 0 N–H and O–H groups in total. The first-order chi connectivity index (χ1) is 21.2. The van der Waals surface area contributed by atoms with Crippen LogP contribution in [0.2, 0.25) is 0 Å². The van der Waals surface area contributed by atoms with Gasteiger partial charge in [0.05, 0.1) is 7.11 Å². The van der Waals surface area contributed by atoms with E-state index in [1.54, 1.807) is 13.2 Å². The van der Waals surface area contributed by atoms with E-state index in [1.807, 2.05) is 12.1 Å². The van der Waals surface area contributed by atoms with Crippen LogP contribution in [0.1, 0.15) is 0 Å². The van der Waals surface area contributed by atoms with Gasteiger partial charge in [-0.25, -0.2) is 4.39 Å². The predicted molar refractivity (Wildman–Crippen MR) is 180 cm³/mol. The topological polar surface area (TPSA) is 9.23 Å². The summed E-state index contributed by atoms with van der Waals surface area (Å²) < 4.78 is 19.5. The molecule has 0 aromatic heterocycles. The maximum absolute atomic E-state index is 13.9. The summed E-state index contributed by atoms with van der Waals surface area (Å²) in [6.07, 6.45) is 0. The number of methoxy groups -OCH3 is 1. The highest BCUT2D eigenvalue weighted by Crippen LogP contribution is 2.46. The van der Waals surface area contributed by atoms with Crippen LogP contribution in [-0.4, -0.2) is 7.11 Å². The van der Waals surface area contributed by atoms with Crippen LogP contribution in [0.25, 0.3) is 86.9 Å². The van der Waals surface area contributed by atoms with E-state index in [0.717, 1.165) is 22.1 Å². The molecule has 0 spiro atoms. The first-order valence-corrected chi connectivity index (χ1v) is 14.6. The summed E-state index contributed by atoms with van der Waals surface area (Å²) in [7, 11) is 1.72. The third-order valence-electron chi connectivity index (χ3n) is 9.05. The number of hydrogen-bond donors (Lipinski definition) is 0. The third-order valence-corrected chi connectivity index (χ3v) is 9.05. The van der Waals surface area contributed by atoms with Gasteiger partial charge in [-0.15, -0.1) is 0 Å². The van der Waals surface area contributed by atoms with Crippen molar-refractivity contribution < 1.29 is 9.13 Å². The normalized spacial score (nSPS) is 12.0. The van der Waals surface area contributed by atoms with Gasteiger partial charge in [0.2, 0.25) is 0 Å². The predicted octanol–water partition coefficient (Wildman–Crippen LogP) is 11.5. The van der Waals surface area contributed by atoms with Crippen molar-refractivity contribution in [3.8, 4) is 28.0 Å². The number of fused-ring (bicyclic) bond motifs is 3. The summed E-state index contributed by atoms with van der Waals surface area (Å²) >= 11 is 0. The summed E-state index contributed by atoms with van der Waals surface area (Å²) in [6.45, 7) is 0. The minimum atomic E-state index is -0.214. The smallest absolute Gasteiger partial charge is 0.123 e. The van der Waals surface area contributed by atoms with Gasteiger partial charge in [0.15, 0.2) is 0 Å². The van der Waals surface area contributed by atoms with E-state index in [1.165, 1.54) is 76.6 Å². The van der Waals surface area contributed by atoms with Crippen LogP contribution >= 0.6 is 0 Å². The van der Waals surface area contributed by atoms with E-state index in [9.17, 15) is 4.39 Å². The molecule has 202 valence electrons. The molecule has 0 atom stereocenters. The highest BCUT2D eigenvalue weighted by Gasteiger charge is 2.18. The number of benzene rings is 9. The molecule has 0 heterocycles. The highest BCUT2D eigenvalue weighted by molar-refractivity contribution is 6.26. The Balaban J connectivity index is 1.36. The Morgan fingerprint density at radius 3 is 1.37 bits per heavy atom. The summed E-state index contributed by atoms with van der Waals surface area (Å²) in [6, 6.07) is 46.6. The van der Waals surface area contributed by atoms with Crippen molar-refractivity contribution >= 4 is 64.6 Å². The largest absolute Gasteiger partial charge is 0.497 e. The van der Waals surface area contributed by atoms with Crippen molar-refractivity contribution in [1.29, 1.82) is 0 Å². The molecular formula is C41H25FO. The van der Waals surface area contributed by atoms with Crippen LogP contribution in [0.4, 0.5) is 4.39 Å². The summed E-state index contributed by atoms with van der Waals surface area (Å²) in [4.78, 5) is 0. The fraction of sp³-hybridized carbons (Fsp3) is 0.0244. The zero-order chi connectivity index (χ0) is 28.7. The van der Waals surface area contributed by atoms with Gasteiger partial charge in [-0.3, -0.25) is 0 Å². The van der Waals surface area contributed by atoms with Gasteiger partial charge in [-0.05, 0) is 129 Å². The van der Waals surface area contributed by atoms with E-state index in [4.69, 9.17) is 4.74 Å². The third kappa shape index (κ3) is 3.57. The molecule has 0 bridgehead atoms. The first-order valence-electron chi connectivity index (χ1n) is 14.6. The van der Waals surface area contributed by atoms with E-state index < -0.39 is 0 Å². The van der Waals surface area contributed by atoms with Crippen molar-refractivity contribution in [2.24, 2.45) is 0 Å². The number of rotatable bonds is 3. The highest BCUT2D eigenvalue weighted by atomic mass is 19.1. The Morgan fingerprint density at radius 2 is 0.837 bits per heavy atom. The summed E-state index contributed by atoms with van der Waals surface area (Å²) in [5.74, 6) is 0.664. The van der Waals surface area contributed by atoms with Crippen LogP contribution in [0.5, 0.6) is 5.75 Å². The molecule has 9 rings (SSSR count). The van der Waals surface area contributed by atoms with Crippen molar-refractivity contribution in [3.05, 3.63) is 139 Å². The minimum absolute atomic E-state index is 0.214. The standard InChI is InChI=1S/C41H25FO/c1-43-33-22-29-14-12-26-19-31(20-27-13-15-30(23-33)39(29)38(26)27)41-36-8-4-2-6-34(36)40(35-7-3-5-9-37(35)41)28-11-10-25-21-32(42)17-16-24(25)18-28/h2-23H,1H3. The second-order valence-electron chi connectivity index (χ2n) is 11.4. The van der Waals surface area contributed by atoms with Crippen LogP contribution in [0.3, 0.4) is 0 Å². The van der Waals surface area contributed by atoms with Crippen LogP contribution < -0.4 is 4.74 Å². The van der Waals surface area contributed by atoms with E-state index in [-0.39, 0.29) is 5.82 Å². The van der Waals surface area contributed by atoms with Gasteiger partial charge in [0.25, 0.3) is 0 Å². The molecule has 2 heteroatoms. The molecule has 0 unspecified atom stereocenters. The Morgan fingerprint density at radius 1 is 0.419 bits per heavy atom. The molecule has 9 aromatic rings. The van der Waals surface area contributed by atoms with E-state index >= 15 is 0 Å². The molecule has 43 heavy (non-hydrogen) atoms. The van der Waals surface area contributed by atoms with Crippen molar-refractivity contribution in [1.82, 2.24) is 0 Å². The SMILES string of the molecule is COc1cc2ccc3cc(-c4c5ccccc5c(-c5ccc6cc(F)ccc6c5)c5ccccc45)cc4ccc(c1)c2c34. The van der Waals surface area contributed by atoms with Gasteiger partial charge in [-0.2, -0.15) is 0 Å². The van der Waals surface area contributed by atoms with Gasteiger partial charge >= 0.3 is 0 Å². The van der Waals surface area contributed by atoms with Gasteiger partial charge in [-0.1, -0.05) is 91.0 Å². The summed E-state index contributed by atoms with van der Waals surface area (Å²) in [5.41, 5.74) is 4.78. The lowest BCUT2D eigenvalue weighted by atomic mass is 9.84. The minimum Gasteiger partial charge on any atom is -0.497 e. The fourth-order valence-electron chi connectivity index (χ4n) is 7.19. The lowest BCUT2D eigenvalue weighted by Crippen LogP contribution is -1.92. The Labute approximate surface area is 247 Å². The van der Waals surface area contributed by atoms with Gasteiger partial charge in [0.1, 0.15) is 11.6 Å². The molecule has 0 amide bonds. The van der Waals surface area contributed by atoms with Gasteiger partial charge in [0, 0.05) is 0 Å². The van der Waals surface area contributed by atoms with Crippen molar-refractivity contribution in [3.63, 3.8) is 0 Å². The first kappa shape index (κ1) is 24.2. The Hall–Kier alpha value is -5.47. The number of ether oxygens (including phenoxy) is 1. The number of hydrogen-bond acceptors (Lipinski definition) is 1. The van der Waals surface area contributed by atoms with E-state index in [2.05, 4.69) is 109 Å². The zero-order valence-corrected chi connectivity index (χ0v) is 23.5. The molecule has 9 aromatic carbocycles. The van der Waals surface area contributed by atoms with Crippen LogP contribution in [0, 0.1) is 5.82 Å². The lowest BCUT2D eigenvalue weighted by molar-refractivity contribution is 0.416. The molecule has 0 saturated heterocycles. The Kier molecular flexibility index (Phi) is 5.06. The van der Waals surface area contributed by atoms with Crippen molar-refractivity contribution in [2.75, 3.05) is 7.11 Å². The quantitative estimate of drug-likeness (QED) is 0.156. The van der Waals surface area contributed by atoms with Crippen LogP contribution in [0.15, 0.2) is 133 Å². The van der Waals surface area contributed by atoms with E-state index in [0.29, 0.717) is 0 Å². The Bertz CT molecular complexity index is 2440. The molecule has 0 saturated carbocycles. The number of halogens is 1. The summed E-state index contributed by atoms with van der Waals surface area (Å²) in [5, 5.41) is 14.2. The molecule has 0 aliphatic rings. The average Bonchev–Trinajstić information content (AvgIpc) is 3.05. The monoisotopic (exact) mass is 552 g/mol. The van der Waals surface area contributed by atoms with Gasteiger partial charge < -0.3 is 4.74 Å². The second-order valence-corrected chi connectivity index (χ2v) is 11.4. The second kappa shape index (κ2) is 9.01. The molecule has 0 radical (unpaired) electrons.